The van der Waals surface area contributed by atoms with Crippen molar-refractivity contribution in [3.05, 3.63) is 35.4 Å². The van der Waals surface area contributed by atoms with Crippen molar-refractivity contribution in [1.29, 1.82) is 0 Å². The highest BCUT2D eigenvalue weighted by molar-refractivity contribution is 5.89. The minimum atomic E-state index is -0.346. The van der Waals surface area contributed by atoms with E-state index in [1.54, 1.807) is 31.4 Å². The molecule has 0 heterocycles. The van der Waals surface area contributed by atoms with Gasteiger partial charge in [0.1, 0.15) is 0 Å². The molecule has 0 spiro atoms. The van der Waals surface area contributed by atoms with Crippen LogP contribution in [0.3, 0.4) is 0 Å². The SMILES string of the molecule is COC(=O)c1ccc(C#CC#C[C@H]2CCC[C@@H]2OC)cc1. The van der Waals surface area contributed by atoms with E-state index in [1.807, 2.05) is 0 Å². The lowest BCUT2D eigenvalue weighted by atomic mass is 10.1. The van der Waals surface area contributed by atoms with E-state index in [1.165, 1.54) is 13.5 Å². The van der Waals surface area contributed by atoms with Crippen LogP contribution in [0.25, 0.3) is 0 Å². The Labute approximate surface area is 125 Å². The molecule has 0 aromatic heterocycles. The fraction of sp³-hybridized carbons (Fsp3) is 0.389. The van der Waals surface area contributed by atoms with Gasteiger partial charge in [0.15, 0.2) is 0 Å². The van der Waals surface area contributed by atoms with Crippen molar-refractivity contribution in [2.45, 2.75) is 25.4 Å². The fourth-order valence-corrected chi connectivity index (χ4v) is 2.41. The molecule has 0 saturated heterocycles. The summed E-state index contributed by atoms with van der Waals surface area (Å²) in [6.07, 6.45) is 3.58. The van der Waals surface area contributed by atoms with Crippen LogP contribution in [0.5, 0.6) is 0 Å². The van der Waals surface area contributed by atoms with Crippen molar-refractivity contribution >= 4 is 5.97 Å². The Morgan fingerprint density at radius 3 is 2.57 bits per heavy atom. The van der Waals surface area contributed by atoms with E-state index in [9.17, 15) is 4.79 Å². The van der Waals surface area contributed by atoms with Crippen LogP contribution >= 0.6 is 0 Å². The fourth-order valence-electron chi connectivity index (χ4n) is 2.41. The van der Waals surface area contributed by atoms with Crippen LogP contribution < -0.4 is 0 Å². The molecule has 1 saturated carbocycles. The van der Waals surface area contributed by atoms with E-state index in [4.69, 9.17) is 4.74 Å². The number of hydrogen-bond acceptors (Lipinski definition) is 3. The van der Waals surface area contributed by atoms with Crippen molar-refractivity contribution in [2.24, 2.45) is 5.92 Å². The first-order valence-corrected chi connectivity index (χ1v) is 6.97. The number of rotatable bonds is 2. The van der Waals surface area contributed by atoms with Gasteiger partial charge >= 0.3 is 5.97 Å². The van der Waals surface area contributed by atoms with Crippen LogP contribution in [0.1, 0.15) is 35.2 Å². The molecule has 3 heteroatoms. The molecule has 0 N–H and O–H groups in total. The Morgan fingerprint density at radius 2 is 1.90 bits per heavy atom. The monoisotopic (exact) mass is 282 g/mol. The van der Waals surface area contributed by atoms with E-state index in [2.05, 4.69) is 28.4 Å². The van der Waals surface area contributed by atoms with Gasteiger partial charge in [-0.15, -0.1) is 0 Å². The molecule has 1 aromatic rings. The number of ether oxygens (including phenoxy) is 2. The maximum atomic E-state index is 11.3. The van der Waals surface area contributed by atoms with Crippen LogP contribution in [0.15, 0.2) is 24.3 Å². The van der Waals surface area contributed by atoms with E-state index >= 15 is 0 Å². The van der Waals surface area contributed by atoms with E-state index in [0.29, 0.717) is 11.5 Å². The lowest BCUT2D eigenvalue weighted by Gasteiger charge is -2.10. The normalized spacial score (nSPS) is 19.9. The van der Waals surface area contributed by atoms with Gasteiger partial charge in [-0.3, -0.25) is 0 Å². The van der Waals surface area contributed by atoms with E-state index in [-0.39, 0.29) is 12.1 Å². The predicted octanol–water partition coefficient (Wildman–Crippen LogP) is 2.64. The Bertz CT molecular complexity index is 608. The van der Waals surface area contributed by atoms with Crippen LogP contribution in [0.4, 0.5) is 0 Å². The standard InChI is InChI=1S/C18H18O3/c1-20-17-9-5-8-15(17)7-4-3-6-14-10-12-16(13-11-14)18(19)21-2/h10-13,15,17H,5,8-9H2,1-2H3/t15-,17-/m0/s1. The smallest absolute Gasteiger partial charge is 0.337 e. The van der Waals surface area contributed by atoms with Crippen molar-refractivity contribution in [1.82, 2.24) is 0 Å². The van der Waals surface area contributed by atoms with Gasteiger partial charge in [0.25, 0.3) is 0 Å². The van der Waals surface area contributed by atoms with Gasteiger partial charge in [-0.05, 0) is 55.4 Å². The molecule has 0 unspecified atom stereocenters. The molecule has 0 radical (unpaired) electrons. The first kappa shape index (κ1) is 15.2. The predicted molar refractivity (Wildman–Crippen MR) is 80.6 cm³/mol. The number of carbonyl (C=O) groups is 1. The Morgan fingerprint density at radius 1 is 1.14 bits per heavy atom. The maximum absolute atomic E-state index is 11.3. The van der Waals surface area contributed by atoms with Crippen molar-refractivity contribution in [2.75, 3.05) is 14.2 Å². The zero-order chi connectivity index (χ0) is 15.1. The molecule has 3 nitrogen and oxygen atoms in total. The molecule has 0 amide bonds. The molecule has 1 fully saturated rings. The van der Waals surface area contributed by atoms with Gasteiger partial charge < -0.3 is 9.47 Å². The quantitative estimate of drug-likeness (QED) is 0.618. The molecular formula is C18H18O3. The molecule has 108 valence electrons. The molecule has 2 rings (SSSR count). The number of carbonyl (C=O) groups excluding carboxylic acids is 1. The van der Waals surface area contributed by atoms with Gasteiger partial charge in [0.05, 0.1) is 18.8 Å². The second-order valence-corrected chi connectivity index (χ2v) is 4.90. The lowest BCUT2D eigenvalue weighted by molar-refractivity contribution is 0.0600. The summed E-state index contributed by atoms with van der Waals surface area (Å²) >= 11 is 0. The van der Waals surface area contributed by atoms with Gasteiger partial charge in [-0.25, -0.2) is 4.79 Å². The molecule has 1 aliphatic carbocycles. The summed E-state index contributed by atoms with van der Waals surface area (Å²) in [4.78, 5) is 11.3. The Hall–Kier alpha value is -2.23. The molecule has 0 bridgehead atoms. The zero-order valence-corrected chi connectivity index (χ0v) is 12.3. The third-order valence-electron chi connectivity index (χ3n) is 3.59. The van der Waals surface area contributed by atoms with Crippen LogP contribution in [-0.4, -0.2) is 26.3 Å². The molecular weight excluding hydrogens is 264 g/mol. The summed E-state index contributed by atoms with van der Waals surface area (Å²) in [7, 11) is 3.10. The molecule has 1 aliphatic rings. The molecule has 2 atom stereocenters. The summed E-state index contributed by atoms with van der Waals surface area (Å²) in [5.41, 5.74) is 1.34. The number of hydrogen-bond donors (Lipinski definition) is 0. The van der Waals surface area contributed by atoms with Gasteiger partial charge in [0.2, 0.25) is 0 Å². The average Bonchev–Trinajstić information content (AvgIpc) is 2.99. The zero-order valence-electron chi connectivity index (χ0n) is 12.3. The highest BCUT2D eigenvalue weighted by Gasteiger charge is 2.24. The second kappa shape index (κ2) is 7.53. The average molecular weight is 282 g/mol. The van der Waals surface area contributed by atoms with Gasteiger partial charge in [-0.1, -0.05) is 11.8 Å². The van der Waals surface area contributed by atoms with Crippen molar-refractivity contribution < 1.29 is 14.3 Å². The summed E-state index contributed by atoms with van der Waals surface area (Å²) in [5.74, 6) is 11.8. The lowest BCUT2D eigenvalue weighted by Crippen LogP contribution is -2.14. The topological polar surface area (TPSA) is 35.5 Å². The highest BCUT2D eigenvalue weighted by atomic mass is 16.5. The highest BCUT2D eigenvalue weighted by Crippen LogP contribution is 2.26. The first-order valence-electron chi connectivity index (χ1n) is 6.97. The number of benzene rings is 1. The van der Waals surface area contributed by atoms with Crippen molar-refractivity contribution in [3.63, 3.8) is 0 Å². The van der Waals surface area contributed by atoms with Crippen LogP contribution in [0.2, 0.25) is 0 Å². The van der Waals surface area contributed by atoms with Crippen LogP contribution in [-0.2, 0) is 9.47 Å². The number of methoxy groups -OCH3 is 2. The van der Waals surface area contributed by atoms with E-state index in [0.717, 1.165) is 18.4 Å². The summed E-state index contributed by atoms with van der Waals surface area (Å²) < 4.78 is 10.0. The third-order valence-corrected chi connectivity index (χ3v) is 3.59. The molecule has 0 aliphatic heterocycles. The summed E-state index contributed by atoms with van der Waals surface area (Å²) in [6, 6.07) is 6.96. The second-order valence-electron chi connectivity index (χ2n) is 4.90. The Kier molecular flexibility index (Phi) is 5.43. The minimum Gasteiger partial charge on any atom is -0.465 e. The van der Waals surface area contributed by atoms with Gasteiger partial charge in [0, 0.05) is 18.6 Å². The van der Waals surface area contributed by atoms with Crippen LogP contribution in [0, 0.1) is 29.6 Å². The number of esters is 1. The minimum absolute atomic E-state index is 0.249. The molecule has 1 aromatic carbocycles. The van der Waals surface area contributed by atoms with E-state index < -0.39 is 0 Å². The summed E-state index contributed by atoms with van der Waals surface area (Å²) in [5, 5.41) is 0. The first-order chi connectivity index (χ1) is 10.2. The Balaban J connectivity index is 1.98. The maximum Gasteiger partial charge on any atom is 0.337 e. The van der Waals surface area contributed by atoms with Crippen molar-refractivity contribution in [3.8, 4) is 23.7 Å². The third kappa shape index (κ3) is 4.12. The van der Waals surface area contributed by atoms with Gasteiger partial charge in [-0.2, -0.15) is 0 Å². The molecule has 21 heavy (non-hydrogen) atoms. The largest absolute Gasteiger partial charge is 0.465 e. The summed E-state index contributed by atoms with van der Waals surface area (Å²) in [6.45, 7) is 0.